The van der Waals surface area contributed by atoms with Crippen LogP contribution in [-0.2, 0) is 6.54 Å². The van der Waals surface area contributed by atoms with Crippen molar-refractivity contribution in [2.24, 2.45) is 0 Å². The van der Waals surface area contributed by atoms with E-state index in [1.165, 1.54) is 0 Å². The first-order valence-electron chi connectivity index (χ1n) is 6.31. The Labute approximate surface area is 123 Å². The molecule has 0 N–H and O–H groups in total. The Kier molecular flexibility index (Phi) is 4.24. The third-order valence-electron chi connectivity index (χ3n) is 2.92. The van der Waals surface area contributed by atoms with E-state index in [1.807, 2.05) is 13.0 Å². The van der Waals surface area contributed by atoms with Crippen molar-refractivity contribution in [3.8, 4) is 28.8 Å². The highest BCUT2D eigenvalue weighted by Gasteiger charge is 2.16. The number of nitrogens with zero attached hydrogens (tertiary/aromatic N) is 4. The van der Waals surface area contributed by atoms with Crippen LogP contribution in [0.15, 0.2) is 30.4 Å². The Balaban J connectivity index is 2.57. The summed E-state index contributed by atoms with van der Waals surface area (Å²) in [6.07, 6.45) is 0. The highest BCUT2D eigenvalue weighted by Crippen LogP contribution is 2.33. The minimum absolute atomic E-state index is 0.267. The van der Waals surface area contributed by atoms with Crippen molar-refractivity contribution >= 4 is 0 Å². The highest BCUT2D eigenvalue weighted by atomic mass is 16.5. The van der Waals surface area contributed by atoms with Gasteiger partial charge in [-0.05, 0) is 25.1 Å². The zero-order chi connectivity index (χ0) is 15.4. The Morgan fingerprint density at radius 1 is 1.33 bits per heavy atom. The van der Waals surface area contributed by atoms with Gasteiger partial charge in [-0.2, -0.15) is 5.26 Å². The molecule has 0 aliphatic rings. The second-order valence-electron chi connectivity index (χ2n) is 4.58. The van der Waals surface area contributed by atoms with Crippen LogP contribution in [0.25, 0.3) is 11.3 Å². The van der Waals surface area contributed by atoms with Gasteiger partial charge in [0.1, 0.15) is 11.8 Å². The zero-order valence-electron chi connectivity index (χ0n) is 12.3. The SMILES string of the molecule is C=C(C)Cn1nnc(C#N)c1-c1ccc(OC)c(OC)c1. The molecule has 0 atom stereocenters. The first-order chi connectivity index (χ1) is 10.1. The normalized spacial score (nSPS) is 10.0. The number of rotatable bonds is 5. The van der Waals surface area contributed by atoms with E-state index in [4.69, 9.17) is 9.47 Å². The van der Waals surface area contributed by atoms with Gasteiger partial charge in [0, 0.05) is 5.56 Å². The van der Waals surface area contributed by atoms with Crippen molar-refractivity contribution in [1.82, 2.24) is 15.0 Å². The number of hydrogen-bond donors (Lipinski definition) is 0. The van der Waals surface area contributed by atoms with Crippen molar-refractivity contribution in [2.75, 3.05) is 14.2 Å². The lowest BCUT2D eigenvalue weighted by atomic mass is 10.1. The second kappa shape index (κ2) is 6.09. The fraction of sp³-hybridized carbons (Fsp3) is 0.267. The van der Waals surface area contributed by atoms with Crippen LogP contribution in [0.3, 0.4) is 0 Å². The predicted octanol–water partition coefficient (Wildman–Crippen LogP) is 2.41. The molecule has 0 bridgehead atoms. The minimum Gasteiger partial charge on any atom is -0.493 e. The van der Waals surface area contributed by atoms with Gasteiger partial charge in [-0.3, -0.25) is 0 Å². The third-order valence-corrected chi connectivity index (χ3v) is 2.92. The molecule has 0 radical (unpaired) electrons. The van der Waals surface area contributed by atoms with Crippen molar-refractivity contribution in [3.05, 3.63) is 36.0 Å². The number of methoxy groups -OCH3 is 2. The second-order valence-corrected chi connectivity index (χ2v) is 4.58. The van der Waals surface area contributed by atoms with Crippen LogP contribution in [0.4, 0.5) is 0 Å². The van der Waals surface area contributed by atoms with Crippen LogP contribution >= 0.6 is 0 Å². The zero-order valence-corrected chi connectivity index (χ0v) is 12.3. The molecular formula is C15H16N4O2. The smallest absolute Gasteiger partial charge is 0.190 e. The Morgan fingerprint density at radius 3 is 2.62 bits per heavy atom. The van der Waals surface area contributed by atoms with Crippen LogP contribution in [0, 0.1) is 11.3 Å². The fourth-order valence-electron chi connectivity index (χ4n) is 2.02. The average Bonchev–Trinajstić information content (AvgIpc) is 2.88. The van der Waals surface area contributed by atoms with Gasteiger partial charge in [-0.25, -0.2) is 4.68 Å². The summed E-state index contributed by atoms with van der Waals surface area (Å²) in [5.41, 5.74) is 2.62. The fourth-order valence-corrected chi connectivity index (χ4v) is 2.02. The van der Waals surface area contributed by atoms with Gasteiger partial charge in [0.25, 0.3) is 0 Å². The Morgan fingerprint density at radius 2 is 2.05 bits per heavy atom. The quantitative estimate of drug-likeness (QED) is 0.788. The molecule has 6 nitrogen and oxygen atoms in total. The van der Waals surface area contributed by atoms with Gasteiger partial charge in [0.15, 0.2) is 17.2 Å². The molecule has 0 unspecified atom stereocenters. The van der Waals surface area contributed by atoms with Gasteiger partial charge in [-0.15, -0.1) is 5.10 Å². The van der Waals surface area contributed by atoms with Crippen molar-refractivity contribution in [1.29, 1.82) is 5.26 Å². The van der Waals surface area contributed by atoms with Crippen LogP contribution in [0.5, 0.6) is 11.5 Å². The number of nitriles is 1. The third kappa shape index (κ3) is 2.87. The maximum atomic E-state index is 9.21. The molecule has 0 amide bonds. The van der Waals surface area contributed by atoms with E-state index in [-0.39, 0.29) is 5.69 Å². The van der Waals surface area contributed by atoms with E-state index in [9.17, 15) is 5.26 Å². The molecular weight excluding hydrogens is 268 g/mol. The Hall–Kier alpha value is -2.81. The van der Waals surface area contributed by atoms with Gasteiger partial charge in [0.2, 0.25) is 0 Å². The van der Waals surface area contributed by atoms with E-state index >= 15 is 0 Å². The topological polar surface area (TPSA) is 73.0 Å². The summed E-state index contributed by atoms with van der Waals surface area (Å²) < 4.78 is 12.2. The molecule has 0 spiro atoms. The summed E-state index contributed by atoms with van der Waals surface area (Å²) in [5.74, 6) is 1.21. The number of ether oxygens (including phenoxy) is 2. The van der Waals surface area contributed by atoms with Gasteiger partial charge >= 0.3 is 0 Å². The summed E-state index contributed by atoms with van der Waals surface area (Å²) in [4.78, 5) is 0. The lowest BCUT2D eigenvalue weighted by molar-refractivity contribution is 0.355. The van der Waals surface area contributed by atoms with Gasteiger partial charge in [-0.1, -0.05) is 17.4 Å². The van der Waals surface area contributed by atoms with E-state index < -0.39 is 0 Å². The van der Waals surface area contributed by atoms with E-state index in [0.29, 0.717) is 23.7 Å². The molecule has 0 fully saturated rings. The van der Waals surface area contributed by atoms with Crippen LogP contribution < -0.4 is 9.47 Å². The monoisotopic (exact) mass is 284 g/mol. The molecule has 0 aliphatic carbocycles. The van der Waals surface area contributed by atoms with Crippen LogP contribution in [0.1, 0.15) is 12.6 Å². The molecule has 1 aromatic carbocycles. The standard InChI is InChI=1S/C15H16N4O2/c1-10(2)9-19-15(12(8-16)17-18-19)11-5-6-13(20-3)14(7-11)21-4/h5-7H,1,9H2,2-4H3. The van der Waals surface area contributed by atoms with Crippen LogP contribution in [0.2, 0.25) is 0 Å². The van der Waals surface area contributed by atoms with E-state index in [1.54, 1.807) is 31.0 Å². The average molecular weight is 284 g/mol. The molecule has 6 heteroatoms. The molecule has 0 aliphatic heterocycles. The van der Waals surface area contributed by atoms with Gasteiger partial charge < -0.3 is 9.47 Å². The molecule has 1 heterocycles. The largest absolute Gasteiger partial charge is 0.493 e. The maximum Gasteiger partial charge on any atom is 0.190 e. The molecule has 2 aromatic rings. The van der Waals surface area contributed by atoms with Crippen molar-refractivity contribution in [3.63, 3.8) is 0 Å². The predicted molar refractivity (Wildman–Crippen MR) is 78.1 cm³/mol. The van der Waals surface area contributed by atoms with Crippen molar-refractivity contribution in [2.45, 2.75) is 13.5 Å². The maximum absolute atomic E-state index is 9.21. The van der Waals surface area contributed by atoms with E-state index in [0.717, 1.165) is 11.1 Å². The summed E-state index contributed by atoms with van der Waals surface area (Å²) in [5, 5.41) is 17.1. The van der Waals surface area contributed by atoms with Crippen LogP contribution in [-0.4, -0.2) is 29.2 Å². The van der Waals surface area contributed by atoms with Crippen molar-refractivity contribution < 1.29 is 9.47 Å². The summed E-state index contributed by atoms with van der Waals surface area (Å²) in [7, 11) is 3.14. The van der Waals surface area contributed by atoms with Gasteiger partial charge in [0.05, 0.1) is 20.8 Å². The summed E-state index contributed by atoms with van der Waals surface area (Å²) in [6, 6.07) is 7.48. The van der Waals surface area contributed by atoms with E-state index in [2.05, 4.69) is 23.0 Å². The number of hydrogen-bond acceptors (Lipinski definition) is 5. The molecule has 0 saturated heterocycles. The first kappa shape index (κ1) is 14.6. The lowest BCUT2D eigenvalue weighted by Crippen LogP contribution is -2.04. The number of aromatic nitrogens is 3. The Bertz CT molecular complexity index is 713. The number of benzene rings is 1. The summed E-state index contributed by atoms with van der Waals surface area (Å²) >= 11 is 0. The number of allylic oxidation sites excluding steroid dienone is 1. The lowest BCUT2D eigenvalue weighted by Gasteiger charge is -2.11. The molecule has 2 rings (SSSR count). The first-order valence-corrected chi connectivity index (χ1v) is 6.31. The summed E-state index contributed by atoms with van der Waals surface area (Å²) in [6.45, 7) is 6.26. The minimum atomic E-state index is 0.267. The molecule has 0 saturated carbocycles. The highest BCUT2D eigenvalue weighted by molar-refractivity contribution is 5.68. The molecule has 108 valence electrons. The molecule has 1 aromatic heterocycles. The molecule has 21 heavy (non-hydrogen) atoms.